The van der Waals surface area contributed by atoms with Crippen LogP contribution in [-0.2, 0) is 6.42 Å². The van der Waals surface area contributed by atoms with Gasteiger partial charge in [-0.15, -0.1) is 0 Å². The van der Waals surface area contributed by atoms with Crippen molar-refractivity contribution in [2.24, 2.45) is 0 Å². The highest BCUT2D eigenvalue weighted by Gasteiger charge is 2.15. The van der Waals surface area contributed by atoms with E-state index in [1.54, 1.807) is 0 Å². The molecule has 4 rings (SSSR count). The van der Waals surface area contributed by atoms with Crippen molar-refractivity contribution in [3.63, 3.8) is 0 Å². The Morgan fingerprint density at radius 2 is 1.58 bits per heavy atom. The Morgan fingerprint density at radius 1 is 0.833 bits per heavy atom. The predicted octanol–water partition coefficient (Wildman–Crippen LogP) is 4.63. The third kappa shape index (κ3) is 2.48. The minimum absolute atomic E-state index is 0.789. The maximum Gasteiger partial charge on any atom is 0.164 e. The Balaban J connectivity index is 1.94. The fraction of sp³-hybridized carbons (Fsp3) is 0.143. The highest BCUT2D eigenvalue weighted by Crippen LogP contribution is 2.24. The Morgan fingerprint density at radius 3 is 2.38 bits per heavy atom. The number of hydrogen-bond acceptors (Lipinski definition) is 2. The molecule has 0 N–H and O–H groups in total. The fourth-order valence-electron chi connectivity index (χ4n) is 3.12. The van der Waals surface area contributed by atoms with Crippen LogP contribution in [0.3, 0.4) is 0 Å². The molecule has 0 amide bonds. The van der Waals surface area contributed by atoms with Crippen LogP contribution < -0.4 is 0 Å². The number of fused-ring (bicyclic) bond motifs is 1. The molecule has 0 saturated carbocycles. The monoisotopic (exact) mass is 313 g/mol. The van der Waals surface area contributed by atoms with Gasteiger partial charge < -0.3 is 0 Å². The summed E-state index contributed by atoms with van der Waals surface area (Å²) in [6, 6.07) is 20.8. The van der Waals surface area contributed by atoms with Crippen LogP contribution in [0.15, 0.2) is 66.9 Å². The second kappa shape index (κ2) is 5.93. The first kappa shape index (κ1) is 14.6. The van der Waals surface area contributed by atoms with Crippen molar-refractivity contribution in [2.75, 3.05) is 0 Å². The van der Waals surface area contributed by atoms with Crippen molar-refractivity contribution < 1.29 is 0 Å². The van der Waals surface area contributed by atoms with E-state index in [-0.39, 0.29) is 0 Å². The number of para-hydroxylation sites is 1. The summed E-state index contributed by atoms with van der Waals surface area (Å²) in [5.74, 6) is 1.02. The smallest absolute Gasteiger partial charge is 0.164 e. The Bertz CT molecular complexity index is 1010. The molecule has 0 bridgehead atoms. The lowest BCUT2D eigenvalue weighted by Crippen LogP contribution is -2.05. The summed E-state index contributed by atoms with van der Waals surface area (Å²) < 4.78 is 2.19. The molecule has 0 unspecified atom stereocenters. The van der Waals surface area contributed by atoms with Gasteiger partial charge in [0, 0.05) is 12.6 Å². The first-order valence-electron chi connectivity index (χ1n) is 8.17. The van der Waals surface area contributed by atoms with Crippen LogP contribution in [0.2, 0.25) is 0 Å². The molecule has 118 valence electrons. The van der Waals surface area contributed by atoms with Crippen molar-refractivity contribution >= 4 is 11.2 Å². The van der Waals surface area contributed by atoms with E-state index in [1.165, 1.54) is 16.7 Å². The topological polar surface area (TPSA) is 30.7 Å². The molecule has 0 fully saturated rings. The second-order valence-electron chi connectivity index (χ2n) is 6.10. The zero-order valence-electron chi connectivity index (χ0n) is 13.9. The molecule has 3 heteroatoms. The fourth-order valence-corrected chi connectivity index (χ4v) is 3.12. The number of aryl methyl sites for hydroxylation is 2. The molecule has 2 aromatic heterocycles. The molecule has 24 heavy (non-hydrogen) atoms. The molecule has 2 aromatic carbocycles. The first-order valence-corrected chi connectivity index (χ1v) is 8.17. The molecule has 0 aliphatic carbocycles. The normalized spacial score (nSPS) is 11.1. The van der Waals surface area contributed by atoms with Gasteiger partial charge in [-0.1, -0.05) is 42.5 Å². The summed E-state index contributed by atoms with van der Waals surface area (Å²) in [6.07, 6.45) is 2.62. The number of benzene rings is 2. The molecule has 0 aliphatic rings. The maximum atomic E-state index is 4.87. The van der Waals surface area contributed by atoms with Crippen molar-refractivity contribution in [3.8, 4) is 5.69 Å². The van der Waals surface area contributed by atoms with Gasteiger partial charge in [0.15, 0.2) is 5.65 Å². The van der Waals surface area contributed by atoms with E-state index in [4.69, 9.17) is 4.98 Å². The first-order chi connectivity index (χ1) is 11.7. The third-order valence-electron chi connectivity index (χ3n) is 4.45. The van der Waals surface area contributed by atoms with Crippen LogP contribution in [0.5, 0.6) is 0 Å². The maximum absolute atomic E-state index is 4.87. The predicted molar refractivity (Wildman–Crippen MR) is 97.6 cm³/mol. The van der Waals surface area contributed by atoms with Gasteiger partial charge in [0.2, 0.25) is 0 Å². The molecule has 4 aromatic rings. The summed E-state index contributed by atoms with van der Waals surface area (Å²) in [4.78, 5) is 9.45. The summed E-state index contributed by atoms with van der Waals surface area (Å²) in [6.45, 7) is 4.27. The molecule has 3 nitrogen and oxygen atoms in total. The van der Waals surface area contributed by atoms with Crippen LogP contribution in [0, 0.1) is 13.8 Å². The molecular formula is C21H19N3. The zero-order valence-corrected chi connectivity index (χ0v) is 13.9. The van der Waals surface area contributed by atoms with E-state index >= 15 is 0 Å². The van der Waals surface area contributed by atoms with E-state index in [9.17, 15) is 0 Å². The summed E-state index contributed by atoms with van der Waals surface area (Å²) in [5.41, 5.74) is 6.78. The van der Waals surface area contributed by atoms with E-state index in [2.05, 4.69) is 71.9 Å². The zero-order chi connectivity index (χ0) is 16.5. The molecular weight excluding hydrogens is 294 g/mol. The van der Waals surface area contributed by atoms with Gasteiger partial charge >= 0.3 is 0 Å². The standard InChI is InChI=1S/C21H19N3/c1-15-8-3-5-10-17(15)14-20-23-18-11-7-13-22-21(18)24(20)19-12-6-4-9-16(19)2/h3-13H,14H2,1-2H3. The minimum atomic E-state index is 0.789. The lowest BCUT2D eigenvalue weighted by Gasteiger charge is -2.12. The summed E-state index contributed by atoms with van der Waals surface area (Å²) in [5, 5.41) is 0. The van der Waals surface area contributed by atoms with Crippen molar-refractivity contribution in [1.82, 2.24) is 14.5 Å². The van der Waals surface area contributed by atoms with E-state index in [1.807, 2.05) is 18.3 Å². The summed E-state index contributed by atoms with van der Waals surface area (Å²) in [7, 11) is 0. The minimum Gasteiger partial charge on any atom is -0.280 e. The quantitative estimate of drug-likeness (QED) is 0.552. The highest BCUT2D eigenvalue weighted by atomic mass is 15.1. The number of hydrogen-bond donors (Lipinski definition) is 0. The largest absolute Gasteiger partial charge is 0.280 e. The van der Waals surface area contributed by atoms with Gasteiger partial charge in [-0.05, 0) is 48.7 Å². The summed E-state index contributed by atoms with van der Waals surface area (Å²) >= 11 is 0. The lowest BCUT2D eigenvalue weighted by atomic mass is 10.1. The average Bonchev–Trinajstić information content (AvgIpc) is 2.95. The number of rotatable bonds is 3. The number of nitrogens with zero attached hydrogens (tertiary/aromatic N) is 3. The lowest BCUT2D eigenvalue weighted by molar-refractivity contribution is 0.913. The number of aromatic nitrogens is 3. The van der Waals surface area contributed by atoms with Crippen LogP contribution in [0.1, 0.15) is 22.5 Å². The Labute approximate surface area is 141 Å². The molecule has 0 aliphatic heterocycles. The van der Waals surface area contributed by atoms with Gasteiger partial charge in [0.05, 0.1) is 5.69 Å². The van der Waals surface area contributed by atoms with Crippen molar-refractivity contribution in [3.05, 3.63) is 89.4 Å². The van der Waals surface area contributed by atoms with Gasteiger partial charge in [-0.25, -0.2) is 9.97 Å². The molecule has 0 saturated heterocycles. The Hall–Kier alpha value is -2.94. The van der Waals surface area contributed by atoms with Gasteiger partial charge in [0.25, 0.3) is 0 Å². The van der Waals surface area contributed by atoms with Crippen molar-refractivity contribution in [2.45, 2.75) is 20.3 Å². The molecule has 0 spiro atoms. The van der Waals surface area contributed by atoms with E-state index in [0.717, 1.165) is 29.1 Å². The van der Waals surface area contributed by atoms with Crippen LogP contribution in [0.4, 0.5) is 0 Å². The average molecular weight is 313 g/mol. The van der Waals surface area contributed by atoms with Crippen LogP contribution in [0.25, 0.3) is 16.9 Å². The van der Waals surface area contributed by atoms with E-state index in [0.29, 0.717) is 0 Å². The van der Waals surface area contributed by atoms with Gasteiger partial charge in [0.1, 0.15) is 11.3 Å². The molecule has 0 atom stereocenters. The Kier molecular flexibility index (Phi) is 3.62. The van der Waals surface area contributed by atoms with E-state index < -0.39 is 0 Å². The van der Waals surface area contributed by atoms with Crippen molar-refractivity contribution in [1.29, 1.82) is 0 Å². The second-order valence-corrected chi connectivity index (χ2v) is 6.10. The SMILES string of the molecule is Cc1ccccc1Cc1nc2cccnc2n1-c1ccccc1C. The van der Waals surface area contributed by atoms with Gasteiger partial charge in [-0.3, -0.25) is 4.57 Å². The molecule has 2 heterocycles. The van der Waals surface area contributed by atoms with Crippen LogP contribution >= 0.6 is 0 Å². The van der Waals surface area contributed by atoms with Gasteiger partial charge in [-0.2, -0.15) is 0 Å². The number of pyridine rings is 1. The van der Waals surface area contributed by atoms with Crippen LogP contribution in [-0.4, -0.2) is 14.5 Å². The number of imidazole rings is 1. The third-order valence-corrected chi connectivity index (χ3v) is 4.45. The molecule has 0 radical (unpaired) electrons. The highest BCUT2D eigenvalue weighted by molar-refractivity contribution is 5.74.